The highest BCUT2D eigenvalue weighted by molar-refractivity contribution is 5.67. The minimum Gasteiger partial charge on any atom is -0.496 e. The molecule has 0 amide bonds. The van der Waals surface area contributed by atoms with Gasteiger partial charge in [0.1, 0.15) is 5.75 Å². The number of aromatic nitrogens is 4. The van der Waals surface area contributed by atoms with Crippen molar-refractivity contribution in [2.75, 3.05) is 12.8 Å². The molecular formula is C14H19N5O. The van der Waals surface area contributed by atoms with E-state index in [9.17, 15) is 0 Å². The molecule has 0 saturated heterocycles. The van der Waals surface area contributed by atoms with E-state index < -0.39 is 0 Å². The highest BCUT2D eigenvalue weighted by Gasteiger charge is 2.20. The van der Waals surface area contributed by atoms with Gasteiger partial charge < -0.3 is 10.5 Å². The van der Waals surface area contributed by atoms with Gasteiger partial charge in [-0.1, -0.05) is 12.8 Å². The molecule has 6 heteroatoms. The molecule has 3 rings (SSSR count). The zero-order chi connectivity index (χ0) is 13.9. The molecule has 1 aromatic carbocycles. The van der Waals surface area contributed by atoms with Crippen LogP contribution in [0.1, 0.15) is 25.7 Å². The van der Waals surface area contributed by atoms with Crippen molar-refractivity contribution in [2.24, 2.45) is 5.92 Å². The van der Waals surface area contributed by atoms with Gasteiger partial charge in [-0.2, -0.15) is 0 Å². The number of ether oxygens (including phenoxy) is 1. The minimum absolute atomic E-state index is 0.667. The monoisotopic (exact) mass is 273 g/mol. The van der Waals surface area contributed by atoms with E-state index in [2.05, 4.69) is 15.5 Å². The Hall–Kier alpha value is -2.11. The number of hydrogen-bond acceptors (Lipinski definition) is 5. The van der Waals surface area contributed by atoms with E-state index in [0.29, 0.717) is 17.4 Å². The lowest BCUT2D eigenvalue weighted by Gasteiger charge is -2.12. The molecule has 1 heterocycles. The molecule has 1 aromatic heterocycles. The number of hydrogen-bond donors (Lipinski definition) is 1. The molecule has 20 heavy (non-hydrogen) atoms. The summed E-state index contributed by atoms with van der Waals surface area (Å²) in [7, 11) is 1.63. The summed E-state index contributed by atoms with van der Waals surface area (Å²) in [6, 6.07) is 5.54. The second-order valence-corrected chi connectivity index (χ2v) is 5.29. The first kappa shape index (κ1) is 12.9. The van der Waals surface area contributed by atoms with Crippen molar-refractivity contribution in [1.82, 2.24) is 20.2 Å². The second kappa shape index (κ2) is 5.48. The zero-order valence-electron chi connectivity index (χ0n) is 11.6. The fraction of sp³-hybridized carbons (Fsp3) is 0.500. The Morgan fingerprint density at radius 2 is 2.15 bits per heavy atom. The maximum absolute atomic E-state index is 5.79. The Morgan fingerprint density at radius 3 is 2.90 bits per heavy atom. The Kier molecular flexibility index (Phi) is 3.54. The van der Waals surface area contributed by atoms with Crippen LogP contribution in [-0.2, 0) is 6.54 Å². The standard InChI is InChI=1S/C14H19N5O/c1-20-13-8-11(15)6-7-12(13)14-16-17-18-19(14)9-10-4-2-3-5-10/h6-8,10H,2-5,9,15H2,1H3. The molecule has 2 N–H and O–H groups in total. The van der Waals surface area contributed by atoms with Crippen molar-refractivity contribution in [2.45, 2.75) is 32.2 Å². The first-order valence-corrected chi connectivity index (χ1v) is 6.98. The van der Waals surface area contributed by atoms with E-state index in [1.165, 1.54) is 25.7 Å². The van der Waals surface area contributed by atoms with Crippen LogP contribution < -0.4 is 10.5 Å². The lowest BCUT2D eigenvalue weighted by Crippen LogP contribution is -2.11. The molecule has 0 spiro atoms. The summed E-state index contributed by atoms with van der Waals surface area (Å²) in [5.41, 5.74) is 7.33. The molecule has 6 nitrogen and oxygen atoms in total. The molecule has 0 atom stereocenters. The van der Waals surface area contributed by atoms with Gasteiger partial charge in [0, 0.05) is 18.3 Å². The summed E-state index contributed by atoms with van der Waals surface area (Å²) in [5, 5.41) is 12.1. The highest BCUT2D eigenvalue weighted by atomic mass is 16.5. The first-order valence-electron chi connectivity index (χ1n) is 6.98. The number of tetrazole rings is 1. The van der Waals surface area contributed by atoms with Crippen molar-refractivity contribution in [1.29, 1.82) is 0 Å². The van der Waals surface area contributed by atoms with E-state index in [4.69, 9.17) is 10.5 Å². The van der Waals surface area contributed by atoms with Crippen molar-refractivity contribution in [3.8, 4) is 17.1 Å². The van der Waals surface area contributed by atoms with Crippen LogP contribution in [0.2, 0.25) is 0 Å². The normalized spacial score (nSPS) is 15.7. The maximum atomic E-state index is 5.79. The maximum Gasteiger partial charge on any atom is 0.185 e. The van der Waals surface area contributed by atoms with Crippen LogP contribution in [0, 0.1) is 5.92 Å². The number of methoxy groups -OCH3 is 1. The SMILES string of the molecule is COc1cc(N)ccc1-c1nnnn1CC1CCCC1. The average Bonchev–Trinajstić information content (AvgIpc) is 3.11. The third-order valence-electron chi connectivity index (χ3n) is 3.90. The van der Waals surface area contributed by atoms with Gasteiger partial charge in [0.25, 0.3) is 0 Å². The molecular weight excluding hydrogens is 254 g/mol. The fourth-order valence-corrected chi connectivity index (χ4v) is 2.85. The molecule has 0 bridgehead atoms. The molecule has 1 saturated carbocycles. The Balaban J connectivity index is 1.92. The predicted molar refractivity (Wildman–Crippen MR) is 76.2 cm³/mol. The van der Waals surface area contributed by atoms with Gasteiger partial charge in [-0.15, -0.1) is 5.10 Å². The van der Waals surface area contributed by atoms with Crippen LogP contribution in [-0.4, -0.2) is 27.3 Å². The average molecular weight is 273 g/mol. The van der Waals surface area contributed by atoms with Gasteiger partial charge in [-0.3, -0.25) is 0 Å². The number of anilines is 1. The molecule has 2 aromatic rings. The van der Waals surface area contributed by atoms with Crippen LogP contribution in [0.3, 0.4) is 0 Å². The van der Waals surface area contributed by atoms with Gasteiger partial charge in [0.2, 0.25) is 0 Å². The van der Waals surface area contributed by atoms with Crippen LogP contribution in [0.15, 0.2) is 18.2 Å². The van der Waals surface area contributed by atoms with E-state index in [1.54, 1.807) is 13.2 Å². The lowest BCUT2D eigenvalue weighted by molar-refractivity contribution is 0.411. The molecule has 0 unspecified atom stereocenters. The number of nitrogen functional groups attached to an aromatic ring is 1. The summed E-state index contributed by atoms with van der Waals surface area (Å²) in [5.74, 6) is 2.12. The number of rotatable bonds is 4. The molecule has 1 aliphatic carbocycles. The molecule has 106 valence electrons. The summed E-state index contributed by atoms with van der Waals surface area (Å²) in [6.07, 6.45) is 5.15. The third kappa shape index (κ3) is 2.45. The highest BCUT2D eigenvalue weighted by Crippen LogP contribution is 2.32. The van der Waals surface area contributed by atoms with Crippen LogP contribution in [0.5, 0.6) is 5.75 Å². The second-order valence-electron chi connectivity index (χ2n) is 5.29. The molecule has 1 aliphatic rings. The van der Waals surface area contributed by atoms with E-state index >= 15 is 0 Å². The Labute approximate surface area is 117 Å². The van der Waals surface area contributed by atoms with Crippen LogP contribution in [0.25, 0.3) is 11.4 Å². The summed E-state index contributed by atoms with van der Waals surface area (Å²) in [4.78, 5) is 0. The van der Waals surface area contributed by atoms with E-state index in [0.717, 1.165) is 17.9 Å². The van der Waals surface area contributed by atoms with Gasteiger partial charge in [0.15, 0.2) is 5.82 Å². The fourth-order valence-electron chi connectivity index (χ4n) is 2.85. The number of benzene rings is 1. The first-order chi connectivity index (χ1) is 9.78. The van der Waals surface area contributed by atoms with Crippen molar-refractivity contribution in [3.63, 3.8) is 0 Å². The predicted octanol–water partition coefficient (Wildman–Crippen LogP) is 2.12. The lowest BCUT2D eigenvalue weighted by atomic mass is 10.1. The number of nitrogens with zero attached hydrogens (tertiary/aromatic N) is 4. The van der Waals surface area contributed by atoms with Gasteiger partial charge in [0.05, 0.1) is 12.7 Å². The van der Waals surface area contributed by atoms with Crippen molar-refractivity contribution >= 4 is 5.69 Å². The summed E-state index contributed by atoms with van der Waals surface area (Å²) in [6.45, 7) is 0.871. The van der Waals surface area contributed by atoms with E-state index in [1.807, 2.05) is 16.8 Å². The molecule has 0 radical (unpaired) electrons. The van der Waals surface area contributed by atoms with Crippen LogP contribution >= 0.6 is 0 Å². The Bertz CT molecular complexity index is 589. The molecule has 1 fully saturated rings. The smallest absolute Gasteiger partial charge is 0.185 e. The summed E-state index contributed by atoms with van der Waals surface area (Å²) >= 11 is 0. The quantitative estimate of drug-likeness (QED) is 0.863. The summed E-state index contributed by atoms with van der Waals surface area (Å²) < 4.78 is 7.27. The largest absolute Gasteiger partial charge is 0.496 e. The Morgan fingerprint density at radius 1 is 1.35 bits per heavy atom. The molecule has 0 aliphatic heterocycles. The van der Waals surface area contributed by atoms with Gasteiger partial charge in [-0.05, 0) is 41.3 Å². The van der Waals surface area contributed by atoms with Gasteiger partial charge >= 0.3 is 0 Å². The van der Waals surface area contributed by atoms with Gasteiger partial charge in [-0.25, -0.2) is 4.68 Å². The van der Waals surface area contributed by atoms with Crippen molar-refractivity contribution < 1.29 is 4.74 Å². The third-order valence-corrected chi connectivity index (χ3v) is 3.90. The van der Waals surface area contributed by atoms with Crippen molar-refractivity contribution in [3.05, 3.63) is 18.2 Å². The van der Waals surface area contributed by atoms with Crippen LogP contribution in [0.4, 0.5) is 5.69 Å². The topological polar surface area (TPSA) is 78.8 Å². The zero-order valence-corrected chi connectivity index (χ0v) is 11.6. The number of nitrogens with two attached hydrogens (primary N) is 1. The minimum atomic E-state index is 0.667. The van der Waals surface area contributed by atoms with E-state index in [-0.39, 0.29) is 0 Å².